The van der Waals surface area contributed by atoms with Crippen LogP contribution in [0, 0.1) is 10.1 Å². The molecular formula is C12H15NO3. The van der Waals surface area contributed by atoms with Crippen LogP contribution in [0.5, 0.6) is 5.75 Å². The van der Waals surface area contributed by atoms with E-state index >= 15 is 0 Å². The number of nitro benzene ring substituents is 1. The van der Waals surface area contributed by atoms with Crippen LogP contribution in [0.15, 0.2) is 36.9 Å². The van der Waals surface area contributed by atoms with Crippen molar-refractivity contribution in [3.05, 3.63) is 47.0 Å². The predicted molar refractivity (Wildman–Crippen MR) is 62.6 cm³/mol. The third kappa shape index (κ3) is 3.73. The Labute approximate surface area is 94.7 Å². The van der Waals surface area contributed by atoms with Gasteiger partial charge >= 0.3 is 5.69 Å². The van der Waals surface area contributed by atoms with Crippen LogP contribution in [-0.2, 0) is 0 Å². The van der Waals surface area contributed by atoms with Crippen molar-refractivity contribution >= 4 is 5.69 Å². The molecule has 0 fully saturated rings. The van der Waals surface area contributed by atoms with Crippen LogP contribution in [0.1, 0.15) is 19.3 Å². The molecule has 0 spiro atoms. The number of allylic oxidation sites excluding steroid dienone is 1. The Bertz CT molecular complexity index is 363. The Kier molecular flexibility index (Phi) is 5.05. The van der Waals surface area contributed by atoms with Crippen LogP contribution in [0.25, 0.3) is 0 Å². The molecule has 0 aromatic heterocycles. The lowest BCUT2D eigenvalue weighted by atomic mass is 10.2. The first-order chi connectivity index (χ1) is 7.75. The van der Waals surface area contributed by atoms with Crippen LogP contribution in [0.4, 0.5) is 5.69 Å². The van der Waals surface area contributed by atoms with E-state index in [4.69, 9.17) is 4.74 Å². The van der Waals surface area contributed by atoms with Gasteiger partial charge in [0.1, 0.15) is 0 Å². The highest BCUT2D eigenvalue weighted by Crippen LogP contribution is 2.25. The minimum absolute atomic E-state index is 0.0196. The predicted octanol–water partition coefficient (Wildman–Crippen LogP) is 3.33. The Hall–Kier alpha value is -1.84. The summed E-state index contributed by atoms with van der Waals surface area (Å²) < 4.78 is 5.37. The molecule has 0 N–H and O–H groups in total. The Morgan fingerprint density at radius 1 is 1.38 bits per heavy atom. The normalized spacial score (nSPS) is 9.75. The van der Waals surface area contributed by atoms with Crippen molar-refractivity contribution in [2.75, 3.05) is 6.61 Å². The van der Waals surface area contributed by atoms with Gasteiger partial charge in [0.05, 0.1) is 11.5 Å². The van der Waals surface area contributed by atoms with Gasteiger partial charge in [0.25, 0.3) is 0 Å². The van der Waals surface area contributed by atoms with E-state index in [-0.39, 0.29) is 5.69 Å². The smallest absolute Gasteiger partial charge is 0.310 e. The number of nitro groups is 1. The zero-order chi connectivity index (χ0) is 11.8. The molecule has 0 aliphatic carbocycles. The molecule has 0 saturated carbocycles. The van der Waals surface area contributed by atoms with Gasteiger partial charge in [-0.3, -0.25) is 10.1 Å². The van der Waals surface area contributed by atoms with E-state index in [1.54, 1.807) is 18.2 Å². The van der Waals surface area contributed by atoms with Gasteiger partial charge in [-0.2, -0.15) is 0 Å². The van der Waals surface area contributed by atoms with Crippen molar-refractivity contribution in [2.45, 2.75) is 19.3 Å². The zero-order valence-corrected chi connectivity index (χ0v) is 9.09. The number of para-hydroxylation sites is 2. The van der Waals surface area contributed by atoms with Crippen LogP contribution in [-0.4, -0.2) is 11.5 Å². The molecule has 0 unspecified atom stereocenters. The zero-order valence-electron chi connectivity index (χ0n) is 9.09. The lowest BCUT2D eigenvalue weighted by Gasteiger charge is -2.05. The third-order valence-corrected chi connectivity index (χ3v) is 2.12. The maximum atomic E-state index is 10.7. The first-order valence-corrected chi connectivity index (χ1v) is 5.23. The molecule has 4 heteroatoms. The molecule has 1 rings (SSSR count). The largest absolute Gasteiger partial charge is 0.487 e. The lowest BCUT2D eigenvalue weighted by Crippen LogP contribution is -2.00. The minimum atomic E-state index is -0.431. The van der Waals surface area contributed by atoms with Crippen molar-refractivity contribution in [1.29, 1.82) is 0 Å². The van der Waals surface area contributed by atoms with Gasteiger partial charge in [-0.05, 0) is 25.3 Å². The molecule has 1 aromatic rings. The summed E-state index contributed by atoms with van der Waals surface area (Å²) in [6.07, 6.45) is 4.66. The topological polar surface area (TPSA) is 52.4 Å². The summed E-state index contributed by atoms with van der Waals surface area (Å²) in [4.78, 5) is 10.2. The fourth-order valence-electron chi connectivity index (χ4n) is 1.30. The van der Waals surface area contributed by atoms with Gasteiger partial charge in [0, 0.05) is 6.07 Å². The van der Waals surface area contributed by atoms with Gasteiger partial charge in [-0.25, -0.2) is 0 Å². The van der Waals surface area contributed by atoms with Gasteiger partial charge in [-0.1, -0.05) is 18.2 Å². The van der Waals surface area contributed by atoms with Gasteiger partial charge < -0.3 is 4.74 Å². The fourth-order valence-corrected chi connectivity index (χ4v) is 1.30. The summed E-state index contributed by atoms with van der Waals surface area (Å²) in [5.74, 6) is 0.339. The molecule has 0 aliphatic rings. The number of hydrogen-bond donors (Lipinski definition) is 0. The van der Waals surface area contributed by atoms with Gasteiger partial charge in [0.15, 0.2) is 5.75 Å². The standard InChI is InChI=1S/C12H15NO3/c1-2-3-4-7-10-16-12-9-6-5-8-11(12)13(14)15/h2,5-6,8-9H,1,3-4,7,10H2. The van der Waals surface area contributed by atoms with Crippen molar-refractivity contribution in [3.8, 4) is 5.75 Å². The van der Waals surface area contributed by atoms with E-state index in [2.05, 4.69) is 6.58 Å². The van der Waals surface area contributed by atoms with E-state index in [0.717, 1.165) is 19.3 Å². The molecule has 0 radical (unpaired) electrons. The lowest BCUT2D eigenvalue weighted by molar-refractivity contribution is -0.385. The van der Waals surface area contributed by atoms with Crippen molar-refractivity contribution in [2.24, 2.45) is 0 Å². The average molecular weight is 221 g/mol. The minimum Gasteiger partial charge on any atom is -0.487 e. The second-order valence-corrected chi connectivity index (χ2v) is 3.36. The van der Waals surface area contributed by atoms with E-state index in [1.165, 1.54) is 6.07 Å². The quantitative estimate of drug-likeness (QED) is 0.307. The number of nitrogens with zero attached hydrogens (tertiary/aromatic N) is 1. The fraction of sp³-hybridized carbons (Fsp3) is 0.333. The molecule has 1 aromatic carbocycles. The van der Waals surface area contributed by atoms with Crippen LogP contribution in [0.3, 0.4) is 0 Å². The molecule has 0 atom stereocenters. The average Bonchev–Trinajstić information content (AvgIpc) is 2.29. The number of benzene rings is 1. The maximum Gasteiger partial charge on any atom is 0.310 e. The van der Waals surface area contributed by atoms with Crippen LogP contribution >= 0.6 is 0 Å². The van der Waals surface area contributed by atoms with E-state index in [9.17, 15) is 10.1 Å². The second-order valence-electron chi connectivity index (χ2n) is 3.36. The summed E-state index contributed by atoms with van der Waals surface area (Å²) in [6.45, 7) is 4.12. The number of unbranched alkanes of at least 4 members (excludes halogenated alkanes) is 2. The van der Waals surface area contributed by atoms with Gasteiger partial charge in [-0.15, -0.1) is 6.58 Å². The highest BCUT2D eigenvalue weighted by Gasteiger charge is 2.12. The molecule has 0 heterocycles. The Morgan fingerprint density at radius 2 is 2.12 bits per heavy atom. The Balaban J connectivity index is 2.47. The van der Waals surface area contributed by atoms with Crippen molar-refractivity contribution in [1.82, 2.24) is 0 Å². The number of rotatable bonds is 7. The van der Waals surface area contributed by atoms with Crippen LogP contribution in [0.2, 0.25) is 0 Å². The molecular weight excluding hydrogens is 206 g/mol. The molecule has 86 valence electrons. The number of ether oxygens (including phenoxy) is 1. The van der Waals surface area contributed by atoms with E-state index in [0.29, 0.717) is 12.4 Å². The first kappa shape index (κ1) is 12.2. The summed E-state index contributed by atoms with van der Waals surface area (Å²) in [5, 5.41) is 10.7. The Morgan fingerprint density at radius 3 is 2.81 bits per heavy atom. The molecule has 0 aliphatic heterocycles. The second kappa shape index (κ2) is 6.61. The molecule has 0 amide bonds. The SMILES string of the molecule is C=CCCCCOc1ccccc1[N+](=O)[O-]. The molecule has 4 nitrogen and oxygen atoms in total. The highest BCUT2D eigenvalue weighted by molar-refractivity contribution is 5.45. The van der Waals surface area contributed by atoms with E-state index in [1.807, 2.05) is 6.08 Å². The summed E-state index contributed by atoms with van der Waals surface area (Å²) in [6, 6.07) is 6.42. The monoisotopic (exact) mass is 221 g/mol. The summed E-state index contributed by atoms with van der Waals surface area (Å²) >= 11 is 0. The van der Waals surface area contributed by atoms with Gasteiger partial charge in [0.2, 0.25) is 0 Å². The van der Waals surface area contributed by atoms with Crippen LogP contribution < -0.4 is 4.74 Å². The summed E-state index contributed by atoms with van der Waals surface area (Å²) in [7, 11) is 0. The third-order valence-electron chi connectivity index (χ3n) is 2.12. The highest BCUT2D eigenvalue weighted by atomic mass is 16.6. The van der Waals surface area contributed by atoms with Crippen molar-refractivity contribution in [3.63, 3.8) is 0 Å². The first-order valence-electron chi connectivity index (χ1n) is 5.23. The summed E-state index contributed by atoms with van der Waals surface area (Å²) in [5.41, 5.74) is 0.0196. The maximum absolute atomic E-state index is 10.7. The van der Waals surface area contributed by atoms with Crippen molar-refractivity contribution < 1.29 is 9.66 Å². The van der Waals surface area contributed by atoms with E-state index < -0.39 is 4.92 Å². The molecule has 0 saturated heterocycles. The molecule has 16 heavy (non-hydrogen) atoms. The number of hydrogen-bond acceptors (Lipinski definition) is 3. The molecule has 0 bridgehead atoms.